The third-order valence-corrected chi connectivity index (χ3v) is 7.61. The molecular weight excluding hydrogens is 490 g/mol. The third kappa shape index (κ3) is 4.17. The maximum absolute atomic E-state index is 12.3. The number of aromatic amines is 1. The summed E-state index contributed by atoms with van der Waals surface area (Å²) in [7, 11) is 0. The van der Waals surface area contributed by atoms with Gasteiger partial charge in [-0.2, -0.15) is 0 Å². The van der Waals surface area contributed by atoms with Gasteiger partial charge in [0, 0.05) is 21.8 Å². The highest BCUT2D eigenvalue weighted by Gasteiger charge is 2.36. The summed E-state index contributed by atoms with van der Waals surface area (Å²) in [5, 5.41) is 3.07. The van der Waals surface area contributed by atoms with Crippen molar-refractivity contribution in [1.29, 1.82) is 0 Å². The maximum Gasteiger partial charge on any atom is 0.407 e. The Morgan fingerprint density at radius 2 is 1.82 bits per heavy atom. The number of hydrogen-bond donors (Lipinski definition) is 2. The molecule has 2 atom stereocenters. The van der Waals surface area contributed by atoms with Gasteiger partial charge < -0.3 is 15.0 Å². The zero-order chi connectivity index (χ0) is 24.3. The Labute approximate surface area is 209 Å². The van der Waals surface area contributed by atoms with E-state index >= 15 is 0 Å². The van der Waals surface area contributed by atoms with Crippen molar-refractivity contribution in [1.82, 2.24) is 15.3 Å². The summed E-state index contributed by atoms with van der Waals surface area (Å²) in [6, 6.07) is 13.3. The number of fused-ring (bicyclic) bond motifs is 3. The van der Waals surface area contributed by atoms with Crippen molar-refractivity contribution in [3.8, 4) is 22.4 Å². The van der Waals surface area contributed by atoms with Crippen LogP contribution in [0, 0.1) is 0 Å². The Balaban J connectivity index is 1.39. The number of H-pyrrole nitrogens is 1. The Bertz CT molecular complexity index is 1250. The Hall–Kier alpha value is -2.60. The normalized spacial score (nSPS) is 20.6. The summed E-state index contributed by atoms with van der Waals surface area (Å²) < 4.78 is 6.58. The van der Waals surface area contributed by atoms with E-state index in [1.807, 2.05) is 27.0 Å². The van der Waals surface area contributed by atoms with E-state index in [2.05, 4.69) is 76.5 Å². The van der Waals surface area contributed by atoms with E-state index in [1.165, 1.54) is 22.3 Å². The lowest BCUT2D eigenvalue weighted by Crippen LogP contribution is -2.40. The van der Waals surface area contributed by atoms with Crippen LogP contribution in [0.3, 0.4) is 0 Å². The molecule has 34 heavy (non-hydrogen) atoms. The van der Waals surface area contributed by atoms with Crippen LogP contribution in [0.2, 0.25) is 0 Å². The number of nitrogens with zero attached hydrogens (tertiary/aromatic N) is 1. The molecule has 0 saturated heterocycles. The number of carbonyl (C=O) groups excluding carboxylic acids is 1. The molecule has 1 fully saturated rings. The number of aromatic nitrogens is 2. The fourth-order valence-corrected chi connectivity index (χ4v) is 5.83. The van der Waals surface area contributed by atoms with Crippen molar-refractivity contribution in [3.63, 3.8) is 0 Å². The quantitative estimate of drug-likeness (QED) is 0.379. The van der Waals surface area contributed by atoms with Gasteiger partial charge in [-0.15, -0.1) is 0 Å². The molecule has 1 aromatic heterocycles. The second-order valence-electron chi connectivity index (χ2n) is 11.0. The number of imidazole rings is 1. The van der Waals surface area contributed by atoms with E-state index in [0.29, 0.717) is 0 Å². The standard InChI is InChI=1S/C28H32BrN3O2/c1-27(2,3)34-26(33)32-23-8-6-7-20(23)25-30-15-24(31-25)16-9-11-18-19-12-10-17(29)14-22(19)28(4,5)21(18)13-16/h9-15,20,23H,6-8H2,1-5H3,(H,30,31)(H,32,33)/t20-,23-/m0/s1. The first-order chi connectivity index (χ1) is 16.0. The zero-order valence-corrected chi connectivity index (χ0v) is 22.0. The Kier molecular flexibility index (Phi) is 5.63. The van der Waals surface area contributed by atoms with Crippen LogP contribution in [0.5, 0.6) is 0 Å². The van der Waals surface area contributed by atoms with Gasteiger partial charge in [0.25, 0.3) is 0 Å². The number of carbonyl (C=O) groups is 1. The van der Waals surface area contributed by atoms with Crippen molar-refractivity contribution in [2.24, 2.45) is 0 Å². The van der Waals surface area contributed by atoms with E-state index in [-0.39, 0.29) is 23.5 Å². The number of hydrogen-bond acceptors (Lipinski definition) is 3. The topological polar surface area (TPSA) is 67.0 Å². The summed E-state index contributed by atoms with van der Waals surface area (Å²) in [5.74, 6) is 1.09. The average molecular weight is 522 g/mol. The van der Waals surface area contributed by atoms with Gasteiger partial charge >= 0.3 is 6.09 Å². The van der Waals surface area contributed by atoms with Gasteiger partial charge in [0.2, 0.25) is 0 Å². The summed E-state index contributed by atoms with van der Waals surface area (Å²) in [6.07, 6.45) is 4.55. The van der Waals surface area contributed by atoms with Crippen molar-refractivity contribution in [3.05, 3.63) is 64.0 Å². The number of halogens is 1. The maximum atomic E-state index is 12.3. The number of amides is 1. The fourth-order valence-electron chi connectivity index (χ4n) is 5.47. The van der Waals surface area contributed by atoms with Gasteiger partial charge in [-0.05, 0) is 79.6 Å². The molecule has 6 heteroatoms. The molecule has 1 heterocycles. The SMILES string of the molecule is CC(C)(C)OC(=O)N[C@H]1CCC[C@@H]1c1ncc(-c2ccc3c(c2)C(C)(C)c2cc(Br)ccc2-3)[nH]1. The predicted octanol–water partition coefficient (Wildman–Crippen LogP) is 7.31. The highest BCUT2D eigenvalue weighted by Crippen LogP contribution is 2.50. The summed E-state index contributed by atoms with van der Waals surface area (Å²) in [6.45, 7) is 10.2. The molecule has 0 aliphatic heterocycles. The number of alkyl carbamates (subject to hydrolysis) is 1. The zero-order valence-electron chi connectivity index (χ0n) is 20.5. The lowest BCUT2D eigenvalue weighted by atomic mass is 9.82. The monoisotopic (exact) mass is 521 g/mol. The van der Waals surface area contributed by atoms with Crippen molar-refractivity contribution < 1.29 is 9.53 Å². The largest absolute Gasteiger partial charge is 0.444 e. The van der Waals surface area contributed by atoms with E-state index in [4.69, 9.17) is 9.72 Å². The van der Waals surface area contributed by atoms with Crippen LogP contribution >= 0.6 is 15.9 Å². The van der Waals surface area contributed by atoms with Crippen LogP contribution in [-0.4, -0.2) is 27.7 Å². The van der Waals surface area contributed by atoms with E-state index in [9.17, 15) is 4.79 Å². The lowest BCUT2D eigenvalue weighted by molar-refractivity contribution is 0.0500. The Morgan fingerprint density at radius 3 is 2.56 bits per heavy atom. The second kappa shape index (κ2) is 8.26. The van der Waals surface area contributed by atoms with Gasteiger partial charge in [0.05, 0.1) is 11.9 Å². The molecule has 2 aliphatic carbocycles. The van der Waals surface area contributed by atoms with Crippen LogP contribution in [-0.2, 0) is 10.2 Å². The van der Waals surface area contributed by atoms with Crippen LogP contribution in [0.25, 0.3) is 22.4 Å². The van der Waals surface area contributed by atoms with Crippen LogP contribution in [0.1, 0.15) is 76.8 Å². The van der Waals surface area contributed by atoms with Crippen molar-refractivity contribution >= 4 is 22.0 Å². The van der Waals surface area contributed by atoms with Gasteiger partial charge in [-0.1, -0.05) is 54.4 Å². The number of ether oxygens (including phenoxy) is 1. The van der Waals surface area contributed by atoms with E-state index < -0.39 is 5.60 Å². The number of benzene rings is 2. The predicted molar refractivity (Wildman–Crippen MR) is 139 cm³/mol. The molecule has 2 N–H and O–H groups in total. The molecular formula is C28H32BrN3O2. The molecule has 2 aromatic carbocycles. The average Bonchev–Trinajstić information content (AvgIpc) is 3.45. The molecule has 0 spiro atoms. The first-order valence-corrected chi connectivity index (χ1v) is 12.8. The molecule has 0 bridgehead atoms. The summed E-state index contributed by atoms with van der Waals surface area (Å²) >= 11 is 3.63. The first kappa shape index (κ1) is 23.2. The van der Waals surface area contributed by atoms with Gasteiger partial charge in [-0.25, -0.2) is 9.78 Å². The molecule has 5 rings (SSSR count). The molecule has 2 aliphatic rings. The first-order valence-electron chi connectivity index (χ1n) is 12.0. The van der Waals surface area contributed by atoms with Gasteiger partial charge in [0.15, 0.2) is 0 Å². The second-order valence-corrected chi connectivity index (χ2v) is 12.0. The summed E-state index contributed by atoms with van der Waals surface area (Å²) in [5.41, 5.74) is 6.85. The molecule has 1 saturated carbocycles. The Morgan fingerprint density at radius 1 is 1.12 bits per heavy atom. The minimum Gasteiger partial charge on any atom is -0.444 e. The highest BCUT2D eigenvalue weighted by atomic mass is 79.9. The van der Waals surface area contributed by atoms with Crippen LogP contribution in [0.15, 0.2) is 47.1 Å². The van der Waals surface area contributed by atoms with E-state index in [1.54, 1.807) is 0 Å². The molecule has 0 unspecified atom stereocenters. The smallest absolute Gasteiger partial charge is 0.407 e. The number of rotatable bonds is 3. The van der Waals surface area contributed by atoms with Crippen LogP contribution in [0.4, 0.5) is 4.79 Å². The van der Waals surface area contributed by atoms with E-state index in [0.717, 1.165) is 40.8 Å². The fraction of sp³-hybridized carbons (Fsp3) is 0.429. The van der Waals surface area contributed by atoms with Crippen molar-refractivity contribution in [2.45, 2.75) is 76.9 Å². The molecule has 178 valence electrons. The third-order valence-electron chi connectivity index (χ3n) is 7.11. The lowest BCUT2D eigenvalue weighted by Gasteiger charge is -2.24. The molecule has 1 amide bonds. The highest BCUT2D eigenvalue weighted by molar-refractivity contribution is 9.10. The minimum absolute atomic E-state index is 0.0285. The molecule has 3 aromatic rings. The minimum atomic E-state index is -0.507. The molecule has 5 nitrogen and oxygen atoms in total. The van der Waals surface area contributed by atoms with Gasteiger partial charge in [0.1, 0.15) is 11.4 Å². The van der Waals surface area contributed by atoms with Crippen LogP contribution < -0.4 is 5.32 Å². The summed E-state index contributed by atoms with van der Waals surface area (Å²) in [4.78, 5) is 20.6. The van der Waals surface area contributed by atoms with Gasteiger partial charge in [-0.3, -0.25) is 0 Å². The van der Waals surface area contributed by atoms with Crippen molar-refractivity contribution in [2.75, 3.05) is 0 Å². The number of nitrogens with one attached hydrogen (secondary N) is 2. The molecule has 0 radical (unpaired) electrons.